The van der Waals surface area contributed by atoms with Crippen molar-refractivity contribution < 1.29 is 27.3 Å². The van der Waals surface area contributed by atoms with Gasteiger partial charge in [-0.1, -0.05) is 72.3 Å². The first-order valence-electron chi connectivity index (χ1n) is 26.2. The Labute approximate surface area is 493 Å². The highest BCUT2D eigenvalue weighted by atomic mass is 35.5. The minimum Gasteiger partial charge on any atom is -0.357 e. The van der Waals surface area contributed by atoms with Crippen LogP contribution in [0.5, 0.6) is 0 Å². The molecule has 22 heteroatoms. The first kappa shape index (κ1) is 56.0. The van der Waals surface area contributed by atoms with Gasteiger partial charge in [-0.2, -0.15) is 10.5 Å². The molecular weight excluding hydrogens is 1090 g/mol. The first-order chi connectivity index (χ1) is 41.0. The van der Waals surface area contributed by atoms with E-state index in [1.165, 1.54) is 40.9 Å². The van der Waals surface area contributed by atoms with Gasteiger partial charge in [0.1, 0.15) is 71.9 Å². The Morgan fingerprint density at radius 2 is 1.04 bits per heavy atom. The second-order valence-electron chi connectivity index (χ2n) is 19.0. The summed E-state index contributed by atoms with van der Waals surface area (Å²) in [6, 6.07) is 38.0. The van der Waals surface area contributed by atoms with Crippen LogP contribution in [0.2, 0.25) is 5.02 Å². The van der Waals surface area contributed by atoms with Crippen LogP contribution in [0.3, 0.4) is 0 Å². The molecule has 0 aliphatic heterocycles. The third-order valence-corrected chi connectivity index (χ3v) is 13.8. The maximum absolute atomic E-state index is 13.2. The second kappa shape index (κ2) is 25.9. The zero-order valence-corrected chi connectivity index (χ0v) is 45.7. The van der Waals surface area contributed by atoms with E-state index in [1.807, 2.05) is 92.0 Å². The van der Waals surface area contributed by atoms with Gasteiger partial charge in [-0.15, -0.1) is 6.58 Å². The van der Waals surface area contributed by atoms with E-state index in [2.05, 4.69) is 66.4 Å². The average Bonchev–Trinajstić information content (AvgIpc) is 1.80. The lowest BCUT2D eigenvalue weighted by molar-refractivity contribution is 0.0707. The van der Waals surface area contributed by atoms with E-state index in [0.717, 1.165) is 72.2 Å². The molecule has 9 heterocycles. The maximum atomic E-state index is 13.2. The Balaban J connectivity index is 0.000000279. The van der Waals surface area contributed by atoms with Crippen LogP contribution in [0.25, 0.3) is 66.9 Å². The lowest BCUT2D eigenvalue weighted by Crippen LogP contribution is -2.34. The van der Waals surface area contributed by atoms with Gasteiger partial charge in [0, 0.05) is 103 Å². The number of nitriles is 2. The number of hydrogen-bond donors (Lipinski definition) is 6. The lowest BCUT2D eigenvalue weighted by Gasteiger charge is -2.28. The molecule has 0 radical (unpaired) electrons. The summed E-state index contributed by atoms with van der Waals surface area (Å²) < 4.78 is 13.1. The molecule has 0 saturated carbocycles. The normalized spacial score (nSPS) is 11.2. The molecule has 428 valence electrons. The van der Waals surface area contributed by atoms with Gasteiger partial charge in [0.2, 0.25) is 0 Å². The van der Waals surface area contributed by atoms with Crippen molar-refractivity contribution in [2.75, 3.05) is 19.6 Å². The number of nitrogens with zero attached hydrogens (tertiary/aromatic N) is 11. The fourth-order valence-electron chi connectivity index (χ4n) is 9.47. The molecule has 12 aromatic rings. The number of nitrogens with one attached hydrogen (secondary N) is 6. The van der Waals surface area contributed by atoms with Gasteiger partial charge in [0.25, 0.3) is 17.7 Å². The molecule has 9 aromatic heterocycles. The molecule has 3 aromatic carbocycles. The highest BCUT2D eigenvalue weighted by molar-refractivity contribution is 6.30. The molecule has 6 N–H and O–H groups in total. The monoisotopic (exact) mass is 1150 g/mol. The Morgan fingerprint density at radius 1 is 0.583 bits per heavy atom. The molecule has 12 rings (SSSR count). The molecule has 84 heavy (non-hydrogen) atoms. The van der Waals surface area contributed by atoms with Crippen LogP contribution < -0.4 is 0 Å². The average molecular weight is 1150 g/mol. The van der Waals surface area contributed by atoms with Crippen molar-refractivity contribution in [3.05, 3.63) is 229 Å². The number of halogens is 2. The molecule has 3 amide bonds. The van der Waals surface area contributed by atoms with Gasteiger partial charge in [0.05, 0.1) is 35.3 Å². The van der Waals surface area contributed by atoms with Crippen molar-refractivity contribution in [1.82, 2.24) is 74.5 Å². The number of hydrogen-bond acceptors (Lipinski definition) is 11. The highest BCUT2D eigenvalue weighted by Crippen LogP contribution is 2.30. The summed E-state index contributed by atoms with van der Waals surface area (Å²) in [7, 11) is 0. The minimum atomic E-state index is -0.350. The molecule has 1 atom stereocenters. The van der Waals surface area contributed by atoms with Crippen LogP contribution in [0.1, 0.15) is 69.7 Å². The zero-order chi connectivity index (χ0) is 58.5. The fraction of sp³-hybridized carbons (Fsp3) is 0.113. The van der Waals surface area contributed by atoms with E-state index >= 15 is 0 Å². The number of carbonyl (C=O) groups is 3. The quantitative estimate of drug-likeness (QED) is 0.0391. The van der Waals surface area contributed by atoms with Gasteiger partial charge >= 0.3 is 0 Å². The van der Waals surface area contributed by atoms with Gasteiger partial charge < -0.3 is 44.6 Å². The summed E-state index contributed by atoms with van der Waals surface area (Å²) in [5.41, 5.74) is 10.7. The summed E-state index contributed by atoms with van der Waals surface area (Å²) in [4.78, 5) is 87.5. The summed E-state index contributed by atoms with van der Waals surface area (Å²) in [6.07, 6.45) is 16.8. The smallest absolute Gasteiger partial charge is 0.271 e. The second-order valence-corrected chi connectivity index (χ2v) is 19.5. The topological polar surface area (TPSA) is 281 Å². The molecular formula is C62H63ClFN17O3. The highest BCUT2D eigenvalue weighted by Gasteiger charge is 2.25. The number of H-pyrrole nitrogens is 6. The largest absolute Gasteiger partial charge is 0.357 e. The molecule has 0 bridgehead atoms. The zero-order valence-electron chi connectivity index (χ0n) is 45.0. The fourth-order valence-corrected chi connectivity index (χ4v) is 9.68. The Kier molecular flexibility index (Phi) is 17.3. The number of carbonyl (C=O) groups excluding carboxylic acids is 3. The summed E-state index contributed by atoms with van der Waals surface area (Å²) in [5.74, 6) is -1.03. The first-order valence-corrected chi connectivity index (χ1v) is 26.6. The van der Waals surface area contributed by atoms with E-state index in [4.69, 9.17) is 22.1 Å². The summed E-state index contributed by atoms with van der Waals surface area (Å²) in [5, 5.41) is 21.5. The van der Waals surface area contributed by atoms with Gasteiger partial charge in [-0.3, -0.25) is 14.4 Å². The van der Waals surface area contributed by atoms with E-state index in [0.29, 0.717) is 40.0 Å². The van der Waals surface area contributed by atoms with Crippen LogP contribution in [-0.4, -0.2) is 112 Å². The van der Waals surface area contributed by atoms with E-state index in [9.17, 15) is 18.8 Å². The van der Waals surface area contributed by atoms with E-state index in [-0.39, 0.29) is 64.3 Å². The molecule has 0 fully saturated rings. The Morgan fingerprint density at radius 3 is 1.48 bits per heavy atom. The standard InChI is InChI=1S/C22H21N5O.C20H15ClN6O.C20H15FN6O.6H2/c1-3-11-27(15(2)16-7-5-4-6-8-16)22(28)19-12-17(13-24-19)20-18-9-10-23-21(18)26-14-25-20;21-15-3-1-2-13(8-15)11-27(7-5-22)20(28)17-9-14(10-24-17)18-16-4-6-23-19(16)26-12-25-18;21-15-3-1-13(2-4-15)11-27(8-6-22)20(28)17-9-14(10-24-17)18-16-5-7-23-19(16)26-12-25-18;;;;;;/h3-10,12-15,24H,1,11H2,2H3,(H,23,25,26);1-4,6,8-10,12,24H,7,11H2,(H,23,25,26);1-5,7,9-10,12,24H,8,11H2,(H,23,25,26);6*1H. The molecule has 0 aliphatic carbocycles. The van der Waals surface area contributed by atoms with Gasteiger partial charge in [0.15, 0.2) is 0 Å². The molecule has 0 aliphatic rings. The predicted octanol–water partition coefficient (Wildman–Crippen LogP) is 12.8. The molecule has 0 saturated heterocycles. The third kappa shape index (κ3) is 12.7. The Bertz CT molecular complexity index is 4390. The van der Waals surface area contributed by atoms with Crippen LogP contribution in [0.15, 0.2) is 184 Å². The van der Waals surface area contributed by atoms with Gasteiger partial charge in [-0.25, -0.2) is 34.3 Å². The van der Waals surface area contributed by atoms with Crippen LogP contribution in [0, 0.1) is 28.5 Å². The van der Waals surface area contributed by atoms with Gasteiger partial charge in [-0.05, 0) is 84.3 Å². The number of aromatic amines is 6. The number of fused-ring (bicyclic) bond motifs is 3. The third-order valence-electron chi connectivity index (χ3n) is 13.6. The summed E-state index contributed by atoms with van der Waals surface area (Å²) in [6.45, 7) is 6.67. The SMILES string of the molecule is C=CCN(C(=O)c1cc(-c2ncnc3[nH]ccc23)c[nH]1)C(C)c1ccccc1.N#CCN(Cc1ccc(F)cc1)C(=O)c1cc(-c2ncnc3[nH]ccc23)c[nH]1.N#CCN(Cc1cccc(Cl)c1)C(=O)c1cc(-c2ncnc3[nH]ccc23)c[nH]1.[HH].[HH].[HH].[HH].[HH].[HH]. The van der Waals surface area contributed by atoms with Crippen molar-refractivity contribution in [2.24, 2.45) is 0 Å². The number of benzene rings is 3. The van der Waals surface area contributed by atoms with Crippen molar-refractivity contribution in [3.63, 3.8) is 0 Å². The predicted molar refractivity (Wildman–Crippen MR) is 328 cm³/mol. The van der Waals surface area contributed by atoms with Crippen molar-refractivity contribution in [1.29, 1.82) is 10.5 Å². The molecule has 1 unspecified atom stereocenters. The Hall–Kier alpha value is -11.3. The van der Waals surface area contributed by atoms with E-state index < -0.39 is 0 Å². The van der Waals surface area contributed by atoms with Crippen molar-refractivity contribution >= 4 is 62.4 Å². The van der Waals surface area contributed by atoms with Crippen LogP contribution in [-0.2, 0) is 13.1 Å². The molecule has 20 nitrogen and oxygen atoms in total. The van der Waals surface area contributed by atoms with Crippen molar-refractivity contribution in [2.45, 2.75) is 26.1 Å². The lowest BCUT2D eigenvalue weighted by atomic mass is 10.1. The van der Waals surface area contributed by atoms with Crippen LogP contribution in [0.4, 0.5) is 4.39 Å². The summed E-state index contributed by atoms with van der Waals surface area (Å²) >= 11 is 6.02. The molecule has 0 spiro atoms. The van der Waals surface area contributed by atoms with E-state index in [1.54, 1.807) is 78.4 Å². The van der Waals surface area contributed by atoms with Crippen molar-refractivity contribution in [3.8, 4) is 45.9 Å². The number of aromatic nitrogens is 12. The number of amides is 3. The maximum Gasteiger partial charge on any atom is 0.271 e. The van der Waals surface area contributed by atoms with Crippen LogP contribution >= 0.6 is 11.6 Å². The minimum absolute atomic E-state index is 0. The number of rotatable bonds is 16.